The molecule has 0 bridgehead atoms. The third kappa shape index (κ3) is 8.16. The maximum absolute atomic E-state index is 6.19. The van der Waals surface area contributed by atoms with Gasteiger partial charge >= 0.3 is 0 Å². The third-order valence-corrected chi connectivity index (χ3v) is 4.76. The number of unbranched alkanes of at least 4 members (excludes halogenated alkanes) is 4. The maximum atomic E-state index is 6.19. The van der Waals surface area contributed by atoms with Gasteiger partial charge in [-0.3, -0.25) is 0 Å². The molecule has 1 rings (SSSR count). The fraction of sp³-hybridized carbons (Fsp3) is 0.739. The molecule has 0 aliphatic heterocycles. The van der Waals surface area contributed by atoms with Crippen molar-refractivity contribution in [2.75, 3.05) is 13.2 Å². The Hall–Kier alpha value is -1.18. The molecule has 0 amide bonds. The molecule has 0 spiro atoms. The lowest BCUT2D eigenvalue weighted by molar-refractivity contribution is 0.282. The van der Waals surface area contributed by atoms with Gasteiger partial charge in [-0.2, -0.15) is 0 Å². The van der Waals surface area contributed by atoms with Gasteiger partial charge in [0.2, 0.25) is 0 Å². The number of hydrogen-bond donors (Lipinski definition) is 0. The molecule has 0 unspecified atom stereocenters. The fourth-order valence-corrected chi connectivity index (χ4v) is 3.16. The van der Waals surface area contributed by atoms with Gasteiger partial charge in [-0.05, 0) is 43.7 Å². The molecule has 0 aliphatic carbocycles. The molecule has 0 aromatic heterocycles. The van der Waals surface area contributed by atoms with Crippen LogP contribution in [0.15, 0.2) is 18.2 Å². The van der Waals surface area contributed by atoms with E-state index < -0.39 is 0 Å². The highest BCUT2D eigenvalue weighted by Gasteiger charge is 2.21. The van der Waals surface area contributed by atoms with Gasteiger partial charge in [-0.15, -0.1) is 0 Å². The van der Waals surface area contributed by atoms with Crippen LogP contribution in [0.25, 0.3) is 0 Å². The molecule has 25 heavy (non-hydrogen) atoms. The quantitative estimate of drug-likeness (QED) is 0.305. The smallest absolute Gasteiger partial charge is 0.126 e. The Labute approximate surface area is 156 Å². The normalized spacial score (nSPS) is 11.1. The van der Waals surface area contributed by atoms with Crippen LogP contribution >= 0.6 is 0 Å². The van der Waals surface area contributed by atoms with E-state index in [0.29, 0.717) is 5.92 Å². The predicted octanol–water partition coefficient (Wildman–Crippen LogP) is 7.51. The second kappa shape index (κ2) is 14.0. The number of hydrogen-bond acceptors (Lipinski definition) is 2. The first-order valence-corrected chi connectivity index (χ1v) is 10.7. The third-order valence-electron chi connectivity index (χ3n) is 4.76. The molecule has 0 radical (unpaired) electrons. The average molecular weight is 349 g/mol. The minimum Gasteiger partial charge on any atom is -0.493 e. The summed E-state index contributed by atoms with van der Waals surface area (Å²) in [6, 6.07) is 6.37. The SMILES string of the molecule is CCCCOc1cccc(OCCCC)c1C(CCCC)CCCC. The molecule has 0 aliphatic rings. The second-order valence-electron chi connectivity index (χ2n) is 7.05. The van der Waals surface area contributed by atoms with Crippen LogP contribution in [0.5, 0.6) is 11.5 Å². The first-order chi connectivity index (χ1) is 12.3. The molecule has 144 valence electrons. The van der Waals surface area contributed by atoms with E-state index in [4.69, 9.17) is 9.47 Å². The Morgan fingerprint density at radius 1 is 0.680 bits per heavy atom. The van der Waals surface area contributed by atoms with Crippen molar-refractivity contribution >= 4 is 0 Å². The van der Waals surface area contributed by atoms with Gasteiger partial charge in [0.1, 0.15) is 11.5 Å². The molecule has 0 saturated carbocycles. The molecule has 2 nitrogen and oxygen atoms in total. The van der Waals surface area contributed by atoms with Crippen LogP contribution in [0.1, 0.15) is 103 Å². The largest absolute Gasteiger partial charge is 0.493 e. The second-order valence-corrected chi connectivity index (χ2v) is 7.05. The summed E-state index contributed by atoms with van der Waals surface area (Å²) < 4.78 is 12.4. The van der Waals surface area contributed by atoms with E-state index in [2.05, 4.69) is 45.9 Å². The average Bonchev–Trinajstić information content (AvgIpc) is 2.63. The van der Waals surface area contributed by atoms with Gasteiger partial charge in [0.25, 0.3) is 0 Å². The first-order valence-electron chi connectivity index (χ1n) is 10.7. The maximum Gasteiger partial charge on any atom is 0.126 e. The summed E-state index contributed by atoms with van der Waals surface area (Å²) in [7, 11) is 0. The minimum absolute atomic E-state index is 0.550. The minimum atomic E-state index is 0.550. The van der Waals surface area contributed by atoms with E-state index in [1.807, 2.05) is 0 Å². The number of ether oxygens (including phenoxy) is 2. The summed E-state index contributed by atoms with van der Waals surface area (Å²) in [4.78, 5) is 0. The van der Waals surface area contributed by atoms with Crippen molar-refractivity contribution in [2.45, 2.75) is 97.8 Å². The Kier molecular flexibility index (Phi) is 12.3. The van der Waals surface area contributed by atoms with Crippen LogP contribution in [-0.4, -0.2) is 13.2 Å². The van der Waals surface area contributed by atoms with E-state index in [9.17, 15) is 0 Å². The van der Waals surface area contributed by atoms with E-state index >= 15 is 0 Å². The zero-order valence-electron chi connectivity index (χ0n) is 17.1. The van der Waals surface area contributed by atoms with Crippen LogP contribution < -0.4 is 9.47 Å². The van der Waals surface area contributed by atoms with Crippen molar-refractivity contribution < 1.29 is 9.47 Å². The van der Waals surface area contributed by atoms with Crippen molar-refractivity contribution in [3.63, 3.8) is 0 Å². The summed E-state index contributed by atoms with van der Waals surface area (Å²) in [5.74, 6) is 2.66. The van der Waals surface area contributed by atoms with Crippen LogP contribution in [0, 0.1) is 0 Å². The van der Waals surface area contributed by atoms with Gasteiger partial charge < -0.3 is 9.47 Å². The Morgan fingerprint density at radius 3 is 1.52 bits per heavy atom. The summed E-state index contributed by atoms with van der Waals surface area (Å²) in [5.41, 5.74) is 1.33. The van der Waals surface area contributed by atoms with Gasteiger partial charge in [0.05, 0.1) is 13.2 Å². The van der Waals surface area contributed by atoms with Crippen LogP contribution in [0.3, 0.4) is 0 Å². The molecule has 1 aromatic rings. The lowest BCUT2D eigenvalue weighted by Gasteiger charge is -2.24. The predicted molar refractivity (Wildman–Crippen MR) is 109 cm³/mol. The summed E-state index contributed by atoms with van der Waals surface area (Å²) in [6.45, 7) is 10.6. The number of benzene rings is 1. The van der Waals surface area contributed by atoms with E-state index in [1.165, 1.54) is 44.1 Å². The van der Waals surface area contributed by atoms with E-state index in [1.54, 1.807) is 0 Å². The zero-order valence-corrected chi connectivity index (χ0v) is 17.1. The highest BCUT2D eigenvalue weighted by atomic mass is 16.5. The monoisotopic (exact) mass is 348 g/mol. The van der Waals surface area contributed by atoms with Gasteiger partial charge in [0.15, 0.2) is 0 Å². The Balaban J connectivity index is 3.05. The topological polar surface area (TPSA) is 18.5 Å². The molecular formula is C23H40O2. The van der Waals surface area contributed by atoms with Crippen molar-refractivity contribution in [3.8, 4) is 11.5 Å². The van der Waals surface area contributed by atoms with Crippen LogP contribution in [0.2, 0.25) is 0 Å². The van der Waals surface area contributed by atoms with Gasteiger partial charge in [0, 0.05) is 5.56 Å². The molecule has 0 saturated heterocycles. The highest BCUT2D eigenvalue weighted by Crippen LogP contribution is 2.40. The van der Waals surface area contributed by atoms with Crippen molar-refractivity contribution in [1.29, 1.82) is 0 Å². The van der Waals surface area contributed by atoms with E-state index in [0.717, 1.165) is 50.4 Å². The number of rotatable bonds is 15. The molecule has 0 fully saturated rings. The summed E-state index contributed by atoms with van der Waals surface area (Å²) >= 11 is 0. The van der Waals surface area contributed by atoms with Crippen LogP contribution in [-0.2, 0) is 0 Å². The van der Waals surface area contributed by atoms with Gasteiger partial charge in [-0.25, -0.2) is 0 Å². The Bertz CT molecular complexity index is 405. The molecule has 0 N–H and O–H groups in total. The zero-order chi connectivity index (χ0) is 18.3. The highest BCUT2D eigenvalue weighted by molar-refractivity contribution is 5.47. The summed E-state index contributed by atoms with van der Waals surface area (Å²) in [5, 5.41) is 0. The summed E-state index contributed by atoms with van der Waals surface area (Å²) in [6.07, 6.45) is 12.0. The lowest BCUT2D eigenvalue weighted by Crippen LogP contribution is -2.09. The standard InChI is InChI=1S/C23H40O2/c1-5-9-14-20(15-10-6-2)23-21(24-18-11-7-3)16-13-17-22(23)25-19-12-8-4/h13,16-17,20H,5-12,14-15,18-19H2,1-4H3. The van der Waals surface area contributed by atoms with Gasteiger partial charge in [-0.1, -0.05) is 72.3 Å². The molecule has 1 aromatic carbocycles. The molecular weight excluding hydrogens is 308 g/mol. The Morgan fingerprint density at radius 2 is 1.12 bits per heavy atom. The molecule has 0 heterocycles. The first kappa shape index (κ1) is 21.9. The van der Waals surface area contributed by atoms with Crippen molar-refractivity contribution in [3.05, 3.63) is 23.8 Å². The van der Waals surface area contributed by atoms with Crippen LogP contribution in [0.4, 0.5) is 0 Å². The van der Waals surface area contributed by atoms with E-state index in [-0.39, 0.29) is 0 Å². The lowest BCUT2D eigenvalue weighted by atomic mass is 9.87. The van der Waals surface area contributed by atoms with Crippen molar-refractivity contribution in [1.82, 2.24) is 0 Å². The molecule has 0 atom stereocenters. The van der Waals surface area contributed by atoms with Crippen molar-refractivity contribution in [2.24, 2.45) is 0 Å². The fourth-order valence-electron chi connectivity index (χ4n) is 3.16. The molecule has 2 heteroatoms.